The molecule has 1 aromatic heterocycles. The first-order valence-corrected chi connectivity index (χ1v) is 8.16. The second kappa shape index (κ2) is 6.72. The summed E-state index contributed by atoms with van der Waals surface area (Å²) in [6.07, 6.45) is 7.28. The van der Waals surface area contributed by atoms with Crippen LogP contribution < -0.4 is 0 Å². The first-order valence-electron chi connectivity index (χ1n) is 8.16. The Hall–Kier alpha value is -0.870. The van der Waals surface area contributed by atoms with Gasteiger partial charge in [0.25, 0.3) is 0 Å². The van der Waals surface area contributed by atoms with Crippen LogP contribution in [-0.4, -0.2) is 47.7 Å². The van der Waals surface area contributed by atoms with E-state index in [1.165, 1.54) is 51.7 Å². The largest absolute Gasteiger partial charge is 0.360 e. The zero-order valence-corrected chi connectivity index (χ0v) is 12.7. The van der Waals surface area contributed by atoms with Crippen molar-refractivity contribution in [3.05, 3.63) is 17.5 Å². The minimum absolute atomic E-state index is 0.915. The topological polar surface area (TPSA) is 32.5 Å². The molecule has 0 unspecified atom stereocenters. The third-order valence-corrected chi connectivity index (χ3v) is 4.76. The standard InChI is InChI=1S/C16H27N3O/c1-14-11-16(20-17-14)13-19-9-7-18(8-10-19)12-15-5-3-2-4-6-15/h11,15H,2-10,12-13H2,1H3. The number of aryl methyl sites for hydroxylation is 1. The maximum atomic E-state index is 5.31. The maximum absolute atomic E-state index is 5.31. The molecule has 2 fully saturated rings. The summed E-state index contributed by atoms with van der Waals surface area (Å²) in [6, 6.07) is 2.05. The molecule has 3 rings (SSSR count). The van der Waals surface area contributed by atoms with E-state index in [-0.39, 0.29) is 0 Å². The van der Waals surface area contributed by atoms with E-state index < -0.39 is 0 Å². The van der Waals surface area contributed by atoms with Crippen molar-refractivity contribution in [2.45, 2.75) is 45.6 Å². The average Bonchev–Trinajstić information content (AvgIpc) is 2.88. The van der Waals surface area contributed by atoms with Crippen LogP contribution in [0.15, 0.2) is 10.6 Å². The molecular weight excluding hydrogens is 250 g/mol. The third-order valence-electron chi connectivity index (χ3n) is 4.76. The zero-order chi connectivity index (χ0) is 13.8. The van der Waals surface area contributed by atoms with Crippen LogP contribution in [0.25, 0.3) is 0 Å². The summed E-state index contributed by atoms with van der Waals surface area (Å²) >= 11 is 0. The van der Waals surface area contributed by atoms with Crippen LogP contribution in [0.5, 0.6) is 0 Å². The van der Waals surface area contributed by atoms with Gasteiger partial charge < -0.3 is 9.42 Å². The van der Waals surface area contributed by atoms with Gasteiger partial charge in [-0.05, 0) is 25.7 Å². The Morgan fingerprint density at radius 3 is 2.45 bits per heavy atom. The van der Waals surface area contributed by atoms with Gasteiger partial charge in [-0.25, -0.2) is 0 Å². The Kier molecular flexibility index (Phi) is 4.73. The van der Waals surface area contributed by atoms with E-state index in [9.17, 15) is 0 Å². The van der Waals surface area contributed by atoms with Gasteiger partial charge in [-0.15, -0.1) is 0 Å². The predicted molar refractivity (Wildman–Crippen MR) is 79.5 cm³/mol. The van der Waals surface area contributed by atoms with Gasteiger partial charge in [0.05, 0.1) is 12.2 Å². The molecule has 0 amide bonds. The Labute approximate surface area is 122 Å². The lowest BCUT2D eigenvalue weighted by Gasteiger charge is -2.36. The van der Waals surface area contributed by atoms with Gasteiger partial charge in [0, 0.05) is 38.8 Å². The number of hydrogen-bond acceptors (Lipinski definition) is 4. The van der Waals surface area contributed by atoms with E-state index in [0.717, 1.165) is 37.0 Å². The highest BCUT2D eigenvalue weighted by molar-refractivity contribution is 5.03. The molecule has 20 heavy (non-hydrogen) atoms. The smallest absolute Gasteiger partial charge is 0.150 e. The van der Waals surface area contributed by atoms with Gasteiger partial charge >= 0.3 is 0 Å². The predicted octanol–water partition coefficient (Wildman–Crippen LogP) is 2.68. The zero-order valence-electron chi connectivity index (χ0n) is 12.7. The molecule has 1 aromatic rings. The normalized spacial score (nSPS) is 23.2. The van der Waals surface area contributed by atoms with Crippen molar-refractivity contribution < 1.29 is 4.52 Å². The number of hydrogen-bond donors (Lipinski definition) is 0. The quantitative estimate of drug-likeness (QED) is 0.847. The summed E-state index contributed by atoms with van der Waals surface area (Å²) in [5.41, 5.74) is 0.982. The van der Waals surface area contributed by atoms with Crippen molar-refractivity contribution in [2.24, 2.45) is 5.92 Å². The van der Waals surface area contributed by atoms with Gasteiger partial charge in [-0.3, -0.25) is 4.90 Å². The van der Waals surface area contributed by atoms with Crippen molar-refractivity contribution in [2.75, 3.05) is 32.7 Å². The molecule has 112 valence electrons. The lowest BCUT2D eigenvalue weighted by atomic mass is 9.89. The van der Waals surface area contributed by atoms with Crippen LogP contribution in [0.1, 0.15) is 43.6 Å². The molecule has 0 atom stereocenters. The van der Waals surface area contributed by atoms with Crippen molar-refractivity contribution >= 4 is 0 Å². The van der Waals surface area contributed by atoms with E-state index in [2.05, 4.69) is 21.0 Å². The van der Waals surface area contributed by atoms with E-state index in [4.69, 9.17) is 4.52 Å². The molecule has 1 saturated heterocycles. The van der Waals surface area contributed by atoms with Crippen molar-refractivity contribution in [3.8, 4) is 0 Å². The molecule has 2 heterocycles. The Balaban J connectivity index is 1.40. The Morgan fingerprint density at radius 1 is 1.10 bits per heavy atom. The maximum Gasteiger partial charge on any atom is 0.150 e. The highest BCUT2D eigenvalue weighted by Crippen LogP contribution is 2.24. The summed E-state index contributed by atoms with van der Waals surface area (Å²) in [7, 11) is 0. The van der Waals surface area contributed by atoms with Crippen molar-refractivity contribution in [1.29, 1.82) is 0 Å². The minimum Gasteiger partial charge on any atom is -0.360 e. The average molecular weight is 277 g/mol. The number of piperazine rings is 1. The van der Waals surface area contributed by atoms with Crippen LogP contribution >= 0.6 is 0 Å². The number of nitrogens with zero attached hydrogens (tertiary/aromatic N) is 3. The van der Waals surface area contributed by atoms with E-state index in [0.29, 0.717) is 0 Å². The summed E-state index contributed by atoms with van der Waals surface area (Å²) in [4.78, 5) is 5.15. The molecule has 0 bridgehead atoms. The van der Waals surface area contributed by atoms with E-state index >= 15 is 0 Å². The van der Waals surface area contributed by atoms with Crippen molar-refractivity contribution in [3.63, 3.8) is 0 Å². The van der Waals surface area contributed by atoms with Crippen LogP contribution in [0.3, 0.4) is 0 Å². The van der Waals surface area contributed by atoms with E-state index in [1.807, 2.05) is 6.92 Å². The summed E-state index contributed by atoms with van der Waals surface area (Å²) in [5.74, 6) is 1.97. The molecule has 0 N–H and O–H groups in total. The number of aromatic nitrogens is 1. The summed E-state index contributed by atoms with van der Waals surface area (Å²) in [5, 5.41) is 3.96. The molecule has 2 aliphatic rings. The lowest BCUT2D eigenvalue weighted by Crippen LogP contribution is -2.47. The molecule has 1 aliphatic heterocycles. The minimum atomic E-state index is 0.915. The molecular formula is C16H27N3O. The molecule has 0 aromatic carbocycles. The summed E-state index contributed by atoms with van der Waals surface area (Å²) < 4.78 is 5.31. The van der Waals surface area contributed by atoms with Gasteiger partial charge in [-0.2, -0.15) is 0 Å². The molecule has 0 radical (unpaired) electrons. The Bertz CT molecular complexity index is 404. The van der Waals surface area contributed by atoms with Gasteiger partial charge in [-0.1, -0.05) is 24.4 Å². The highest BCUT2D eigenvalue weighted by atomic mass is 16.5. The van der Waals surface area contributed by atoms with Gasteiger partial charge in [0.1, 0.15) is 0 Å². The molecule has 1 saturated carbocycles. The fourth-order valence-corrected chi connectivity index (χ4v) is 3.58. The second-order valence-corrected chi connectivity index (χ2v) is 6.52. The van der Waals surface area contributed by atoms with Gasteiger partial charge in [0.2, 0.25) is 0 Å². The van der Waals surface area contributed by atoms with Crippen molar-refractivity contribution in [1.82, 2.24) is 15.0 Å². The van der Waals surface area contributed by atoms with E-state index in [1.54, 1.807) is 0 Å². The second-order valence-electron chi connectivity index (χ2n) is 6.52. The molecule has 0 spiro atoms. The Morgan fingerprint density at radius 2 is 1.80 bits per heavy atom. The third kappa shape index (κ3) is 3.83. The SMILES string of the molecule is Cc1cc(CN2CCN(CC3CCCCC3)CC2)on1. The fraction of sp³-hybridized carbons (Fsp3) is 0.812. The fourth-order valence-electron chi connectivity index (χ4n) is 3.58. The molecule has 4 nitrogen and oxygen atoms in total. The number of rotatable bonds is 4. The monoisotopic (exact) mass is 277 g/mol. The first kappa shape index (κ1) is 14.1. The van der Waals surface area contributed by atoms with Crippen LogP contribution in [0.4, 0.5) is 0 Å². The van der Waals surface area contributed by atoms with Gasteiger partial charge in [0.15, 0.2) is 5.76 Å². The summed E-state index contributed by atoms with van der Waals surface area (Å²) in [6.45, 7) is 8.97. The van der Waals surface area contributed by atoms with Crippen LogP contribution in [0.2, 0.25) is 0 Å². The van der Waals surface area contributed by atoms with Crippen LogP contribution in [0, 0.1) is 12.8 Å². The lowest BCUT2D eigenvalue weighted by molar-refractivity contribution is 0.0990. The van der Waals surface area contributed by atoms with Crippen LogP contribution in [-0.2, 0) is 6.54 Å². The molecule has 4 heteroatoms. The first-order chi connectivity index (χ1) is 9.79. The highest BCUT2D eigenvalue weighted by Gasteiger charge is 2.22. The molecule has 1 aliphatic carbocycles.